The average Bonchev–Trinajstić information content (AvgIpc) is 3.22. The van der Waals surface area contributed by atoms with E-state index in [-0.39, 0.29) is 4.88 Å². The zero-order valence-electron chi connectivity index (χ0n) is 12.3. The average molecular weight is 343 g/mol. The number of carboxylic acid groups (broad SMARTS) is 1. The third kappa shape index (κ3) is 2.83. The second kappa shape index (κ2) is 6.44. The molecule has 1 aliphatic heterocycles. The maximum atomic E-state index is 11.5. The van der Waals surface area contributed by atoms with Crippen molar-refractivity contribution in [3.63, 3.8) is 0 Å². The summed E-state index contributed by atoms with van der Waals surface area (Å²) in [5, 5.41) is 18.9. The van der Waals surface area contributed by atoms with Crippen molar-refractivity contribution in [2.45, 2.75) is 13.3 Å². The summed E-state index contributed by atoms with van der Waals surface area (Å²) in [5.74, 6) is -0.992. The summed E-state index contributed by atoms with van der Waals surface area (Å²) in [4.78, 5) is 16.7. The first-order valence-electron chi connectivity index (χ1n) is 6.97. The smallest absolute Gasteiger partial charge is 0.346 e. The third-order valence-corrected chi connectivity index (χ3v) is 5.66. The van der Waals surface area contributed by atoms with Gasteiger partial charge < -0.3 is 5.11 Å². The molecule has 1 aliphatic rings. The highest BCUT2D eigenvalue weighted by atomic mass is 32.2. The number of rotatable bonds is 4. The first kappa shape index (κ1) is 15.6. The normalized spacial score (nSPS) is 13.3. The molecule has 0 atom stereocenters. The Hall–Kier alpha value is -2.30. The number of benzene rings is 1. The monoisotopic (exact) mass is 343 g/mol. The Kier molecular flexibility index (Phi) is 4.37. The van der Waals surface area contributed by atoms with Crippen LogP contribution in [0.15, 0.2) is 29.3 Å². The lowest BCUT2D eigenvalue weighted by Gasteiger charge is -2.14. The highest BCUT2D eigenvalue weighted by Gasteiger charge is 2.23. The Balaban J connectivity index is 2.05. The molecule has 2 heterocycles. The molecule has 3 rings (SSSR count). The van der Waals surface area contributed by atoms with Gasteiger partial charge in [-0.05, 0) is 24.1 Å². The van der Waals surface area contributed by atoms with E-state index in [9.17, 15) is 15.2 Å². The van der Waals surface area contributed by atoms with Gasteiger partial charge in [0.25, 0.3) is 0 Å². The fourth-order valence-corrected chi connectivity index (χ4v) is 4.11. The van der Waals surface area contributed by atoms with E-state index in [1.807, 2.05) is 35.5 Å². The van der Waals surface area contributed by atoms with Gasteiger partial charge in [0.1, 0.15) is 17.6 Å². The van der Waals surface area contributed by atoms with Crippen LogP contribution in [0.25, 0.3) is 11.1 Å². The maximum absolute atomic E-state index is 11.5. The van der Waals surface area contributed by atoms with Crippen molar-refractivity contribution >= 4 is 40.5 Å². The van der Waals surface area contributed by atoms with Gasteiger partial charge in [0.15, 0.2) is 0 Å². The van der Waals surface area contributed by atoms with Crippen molar-refractivity contribution in [2.24, 2.45) is 4.99 Å². The number of hydrogen-bond acceptors (Lipinski definition) is 6. The number of aromatic carboxylic acids is 1. The molecule has 23 heavy (non-hydrogen) atoms. The number of thiophene rings is 1. The molecule has 2 aromatic rings. The summed E-state index contributed by atoms with van der Waals surface area (Å²) in [6, 6.07) is 9.75. The molecule has 7 heteroatoms. The molecule has 1 N–H and O–H groups in total. The lowest BCUT2D eigenvalue weighted by atomic mass is 10.00. The molecule has 0 saturated carbocycles. The van der Waals surface area contributed by atoms with Crippen LogP contribution in [0, 0.1) is 11.3 Å². The largest absolute Gasteiger partial charge is 0.477 e. The zero-order chi connectivity index (χ0) is 16.4. The van der Waals surface area contributed by atoms with Crippen LogP contribution < -0.4 is 4.31 Å². The zero-order valence-corrected chi connectivity index (χ0v) is 13.9. The number of hydrogen-bond donors (Lipinski definition) is 1. The number of carbonyl (C=O) groups is 1. The van der Waals surface area contributed by atoms with E-state index in [1.165, 1.54) is 23.3 Å². The number of anilines is 1. The highest BCUT2D eigenvalue weighted by molar-refractivity contribution is 8.13. The number of aliphatic imine (C=N–C) groups is 1. The summed E-state index contributed by atoms with van der Waals surface area (Å²) in [6.07, 6.45) is 0.647. The molecule has 0 radical (unpaired) electrons. The molecule has 0 unspecified atom stereocenters. The Morgan fingerprint density at radius 1 is 1.43 bits per heavy atom. The van der Waals surface area contributed by atoms with Crippen LogP contribution in [0.3, 0.4) is 0 Å². The molecule has 0 spiro atoms. The summed E-state index contributed by atoms with van der Waals surface area (Å²) in [7, 11) is 0. The third-order valence-electron chi connectivity index (χ3n) is 3.51. The SMILES string of the molecule is CCc1sc(C(=O)O)c(-c2ccc(N3CN=CS3)cc2)c1C#N. The van der Waals surface area contributed by atoms with Gasteiger partial charge in [0.05, 0.1) is 11.1 Å². The Morgan fingerprint density at radius 3 is 2.70 bits per heavy atom. The van der Waals surface area contributed by atoms with Crippen molar-refractivity contribution in [3.05, 3.63) is 39.6 Å². The van der Waals surface area contributed by atoms with Crippen molar-refractivity contribution in [1.82, 2.24) is 0 Å². The lowest BCUT2D eigenvalue weighted by Crippen LogP contribution is -2.08. The van der Waals surface area contributed by atoms with E-state index in [0.29, 0.717) is 24.2 Å². The molecule has 0 fully saturated rings. The molecular formula is C16H13N3O2S2. The van der Waals surface area contributed by atoms with Gasteiger partial charge in [-0.3, -0.25) is 9.30 Å². The predicted molar refractivity (Wildman–Crippen MR) is 94.2 cm³/mol. The van der Waals surface area contributed by atoms with Gasteiger partial charge in [-0.15, -0.1) is 11.3 Å². The Bertz CT molecular complexity index is 811. The van der Waals surface area contributed by atoms with Crippen molar-refractivity contribution in [3.8, 4) is 17.2 Å². The van der Waals surface area contributed by atoms with E-state index < -0.39 is 5.97 Å². The maximum Gasteiger partial charge on any atom is 0.346 e. The van der Waals surface area contributed by atoms with Gasteiger partial charge in [-0.2, -0.15) is 5.26 Å². The Labute approximate surface area is 142 Å². The quantitative estimate of drug-likeness (QED) is 0.849. The molecule has 1 aromatic heterocycles. The second-order valence-corrected chi connectivity index (χ2v) is 6.80. The van der Waals surface area contributed by atoms with Crippen LogP contribution in [0.2, 0.25) is 0 Å². The van der Waals surface area contributed by atoms with Gasteiger partial charge in [-0.25, -0.2) is 4.79 Å². The van der Waals surface area contributed by atoms with Crippen LogP contribution in [0.5, 0.6) is 0 Å². The summed E-state index contributed by atoms with van der Waals surface area (Å²) < 4.78 is 2.03. The van der Waals surface area contributed by atoms with E-state index in [1.54, 1.807) is 5.55 Å². The van der Waals surface area contributed by atoms with Crippen LogP contribution >= 0.6 is 23.3 Å². The van der Waals surface area contributed by atoms with E-state index >= 15 is 0 Å². The minimum absolute atomic E-state index is 0.227. The van der Waals surface area contributed by atoms with Crippen LogP contribution in [0.1, 0.15) is 27.0 Å². The van der Waals surface area contributed by atoms with Crippen LogP contribution in [-0.2, 0) is 6.42 Å². The number of aryl methyl sites for hydroxylation is 1. The Morgan fingerprint density at radius 2 is 2.17 bits per heavy atom. The molecule has 116 valence electrons. The highest BCUT2D eigenvalue weighted by Crippen LogP contribution is 2.38. The lowest BCUT2D eigenvalue weighted by molar-refractivity contribution is 0.0703. The van der Waals surface area contributed by atoms with E-state index in [2.05, 4.69) is 11.1 Å². The number of nitriles is 1. The summed E-state index contributed by atoms with van der Waals surface area (Å²) >= 11 is 2.70. The first-order chi connectivity index (χ1) is 11.2. The first-order valence-corrected chi connectivity index (χ1v) is 8.63. The van der Waals surface area contributed by atoms with Crippen molar-refractivity contribution < 1.29 is 9.90 Å². The second-order valence-electron chi connectivity index (χ2n) is 4.84. The molecular weight excluding hydrogens is 330 g/mol. The minimum atomic E-state index is -0.992. The molecule has 0 amide bonds. The van der Waals surface area contributed by atoms with Crippen LogP contribution in [0.4, 0.5) is 5.69 Å². The number of nitrogens with zero attached hydrogens (tertiary/aromatic N) is 3. The van der Waals surface area contributed by atoms with E-state index in [0.717, 1.165) is 16.1 Å². The van der Waals surface area contributed by atoms with Crippen LogP contribution in [-0.4, -0.2) is 23.3 Å². The summed E-state index contributed by atoms with van der Waals surface area (Å²) in [6.45, 7) is 2.53. The fraction of sp³-hybridized carbons (Fsp3) is 0.188. The van der Waals surface area contributed by atoms with Crippen molar-refractivity contribution in [2.75, 3.05) is 11.0 Å². The molecule has 0 aliphatic carbocycles. The van der Waals surface area contributed by atoms with Gasteiger partial charge in [-0.1, -0.05) is 19.1 Å². The topological polar surface area (TPSA) is 76.7 Å². The standard InChI is InChI=1S/C16H13N3O2S2/c1-2-13-12(7-17)14(15(23-13)16(20)21)10-3-5-11(6-4-10)19-8-18-9-22-19/h3-6,9H,2,8H2,1H3,(H,20,21). The molecule has 0 saturated heterocycles. The van der Waals surface area contributed by atoms with Gasteiger partial charge in [0.2, 0.25) is 0 Å². The van der Waals surface area contributed by atoms with Gasteiger partial charge in [0, 0.05) is 28.1 Å². The van der Waals surface area contributed by atoms with E-state index in [4.69, 9.17) is 0 Å². The molecule has 1 aromatic carbocycles. The fourth-order valence-electron chi connectivity index (χ4n) is 2.44. The summed E-state index contributed by atoms with van der Waals surface area (Å²) in [5.41, 5.74) is 4.54. The number of carboxylic acids is 1. The molecule has 0 bridgehead atoms. The predicted octanol–water partition coefficient (Wildman–Crippen LogP) is 4.00. The molecule has 5 nitrogen and oxygen atoms in total. The minimum Gasteiger partial charge on any atom is -0.477 e. The van der Waals surface area contributed by atoms with Crippen molar-refractivity contribution in [1.29, 1.82) is 5.26 Å². The van der Waals surface area contributed by atoms with Gasteiger partial charge >= 0.3 is 5.97 Å².